The fraction of sp³-hybridized carbons (Fsp3) is 0.417. The van der Waals surface area contributed by atoms with Crippen LogP contribution in [0.3, 0.4) is 0 Å². The van der Waals surface area contributed by atoms with Gasteiger partial charge in [-0.2, -0.15) is 0 Å². The van der Waals surface area contributed by atoms with Gasteiger partial charge >= 0.3 is 0 Å². The maximum Gasteiger partial charge on any atom is 0.253 e. The largest absolute Gasteiger partial charge is 0.490 e. The van der Waals surface area contributed by atoms with E-state index in [1.165, 1.54) is 0 Å². The minimum absolute atomic E-state index is 0.00711. The van der Waals surface area contributed by atoms with Crippen LogP contribution in [0.15, 0.2) is 42.5 Å². The molecule has 0 bridgehead atoms. The zero-order valence-electron chi connectivity index (χ0n) is 17.8. The van der Waals surface area contributed by atoms with Gasteiger partial charge in [0.2, 0.25) is 0 Å². The van der Waals surface area contributed by atoms with Crippen LogP contribution in [-0.2, 0) is 0 Å². The molecule has 0 spiro atoms. The summed E-state index contributed by atoms with van der Waals surface area (Å²) in [6.07, 6.45) is 3.63. The predicted octanol–water partition coefficient (Wildman–Crippen LogP) is 4.16. The van der Waals surface area contributed by atoms with Crippen LogP contribution in [0.4, 0.5) is 0 Å². The van der Waals surface area contributed by atoms with Crippen LogP contribution in [0.5, 0.6) is 5.75 Å². The predicted molar refractivity (Wildman–Crippen MR) is 126 cm³/mol. The lowest BCUT2D eigenvalue weighted by Crippen LogP contribution is -2.46. The van der Waals surface area contributed by atoms with Crippen molar-refractivity contribution in [3.05, 3.63) is 63.6 Å². The first-order chi connectivity index (χ1) is 15.5. The molecule has 32 heavy (non-hydrogen) atoms. The second-order valence-corrected chi connectivity index (χ2v) is 9.07. The van der Waals surface area contributed by atoms with Crippen molar-refractivity contribution in [1.29, 1.82) is 0 Å². The lowest BCUT2D eigenvalue weighted by atomic mass is 10.0. The van der Waals surface area contributed by atoms with Gasteiger partial charge in [-0.15, -0.1) is 0 Å². The highest BCUT2D eigenvalue weighted by Gasteiger charge is 2.25. The van der Waals surface area contributed by atoms with Gasteiger partial charge < -0.3 is 20.3 Å². The number of hydrogen-bond donors (Lipinski definition) is 2. The SMILES string of the molecule is O=C(NC1CCN(C(=O)c2ccc(OC3CCNCC3)cc2)CC1)c1ccc(Cl)c(Cl)c1. The molecule has 2 aliphatic heterocycles. The highest BCUT2D eigenvalue weighted by atomic mass is 35.5. The van der Waals surface area contributed by atoms with Crippen molar-refractivity contribution >= 4 is 35.0 Å². The average molecular weight is 476 g/mol. The standard InChI is InChI=1S/C24H27Cl2N3O3/c25-21-6-3-17(15-22(21)26)23(30)28-18-9-13-29(14-10-18)24(31)16-1-4-19(5-2-16)32-20-7-11-27-12-8-20/h1-6,15,18,20,27H,7-14H2,(H,28,30). The fourth-order valence-electron chi connectivity index (χ4n) is 4.10. The van der Waals surface area contributed by atoms with E-state index in [1.807, 2.05) is 29.2 Å². The quantitative estimate of drug-likeness (QED) is 0.680. The number of nitrogens with zero attached hydrogens (tertiary/aromatic N) is 1. The van der Waals surface area contributed by atoms with Crippen LogP contribution in [0, 0.1) is 0 Å². The second-order valence-electron chi connectivity index (χ2n) is 8.26. The first kappa shape index (κ1) is 22.9. The molecule has 2 aromatic rings. The fourth-order valence-corrected chi connectivity index (χ4v) is 4.40. The minimum Gasteiger partial charge on any atom is -0.490 e. The first-order valence-electron chi connectivity index (χ1n) is 11.0. The van der Waals surface area contributed by atoms with Crippen LogP contribution >= 0.6 is 23.2 Å². The van der Waals surface area contributed by atoms with Crippen molar-refractivity contribution in [2.45, 2.75) is 37.8 Å². The second kappa shape index (κ2) is 10.6. The first-order valence-corrected chi connectivity index (χ1v) is 11.8. The lowest BCUT2D eigenvalue weighted by molar-refractivity contribution is 0.0698. The molecule has 2 amide bonds. The molecule has 0 aromatic heterocycles. The van der Waals surface area contributed by atoms with Gasteiger partial charge in [0, 0.05) is 30.3 Å². The number of benzene rings is 2. The number of nitrogens with one attached hydrogen (secondary N) is 2. The molecule has 4 rings (SSSR count). The van der Waals surface area contributed by atoms with E-state index in [-0.39, 0.29) is 24.0 Å². The third-order valence-corrected chi connectivity index (χ3v) is 6.73. The van der Waals surface area contributed by atoms with E-state index in [2.05, 4.69) is 10.6 Å². The number of ether oxygens (including phenoxy) is 1. The Hall–Kier alpha value is -2.28. The molecule has 170 valence electrons. The number of amides is 2. The summed E-state index contributed by atoms with van der Waals surface area (Å²) in [7, 11) is 0. The van der Waals surface area contributed by atoms with E-state index in [0.717, 1.165) is 31.7 Å². The van der Waals surface area contributed by atoms with Crippen molar-refractivity contribution in [3.8, 4) is 5.75 Å². The number of carbonyl (C=O) groups is 2. The Morgan fingerprint density at radius 1 is 0.906 bits per heavy atom. The molecule has 2 aliphatic rings. The summed E-state index contributed by atoms with van der Waals surface area (Å²) in [6, 6.07) is 12.3. The van der Waals surface area contributed by atoms with Gasteiger partial charge in [0.25, 0.3) is 11.8 Å². The third kappa shape index (κ3) is 5.74. The Morgan fingerprint density at radius 3 is 2.22 bits per heavy atom. The molecule has 2 aromatic carbocycles. The van der Waals surface area contributed by atoms with Gasteiger partial charge in [-0.3, -0.25) is 9.59 Å². The van der Waals surface area contributed by atoms with E-state index < -0.39 is 0 Å². The molecule has 0 unspecified atom stereocenters. The topological polar surface area (TPSA) is 70.7 Å². The van der Waals surface area contributed by atoms with Crippen molar-refractivity contribution in [3.63, 3.8) is 0 Å². The monoisotopic (exact) mass is 475 g/mol. The summed E-state index contributed by atoms with van der Waals surface area (Å²) < 4.78 is 6.02. The van der Waals surface area contributed by atoms with E-state index in [0.29, 0.717) is 47.1 Å². The van der Waals surface area contributed by atoms with Crippen LogP contribution in [0.2, 0.25) is 10.0 Å². The highest BCUT2D eigenvalue weighted by molar-refractivity contribution is 6.42. The molecule has 2 N–H and O–H groups in total. The Bertz CT molecular complexity index is 953. The van der Waals surface area contributed by atoms with E-state index in [4.69, 9.17) is 27.9 Å². The number of likely N-dealkylation sites (tertiary alicyclic amines) is 1. The van der Waals surface area contributed by atoms with Gasteiger partial charge in [0.05, 0.1) is 10.0 Å². The average Bonchev–Trinajstić information content (AvgIpc) is 2.82. The Labute approximate surface area is 198 Å². The van der Waals surface area contributed by atoms with Gasteiger partial charge in [-0.1, -0.05) is 23.2 Å². The zero-order chi connectivity index (χ0) is 22.5. The summed E-state index contributed by atoms with van der Waals surface area (Å²) >= 11 is 11.9. The number of rotatable bonds is 5. The van der Waals surface area contributed by atoms with Gasteiger partial charge in [0.1, 0.15) is 11.9 Å². The summed E-state index contributed by atoms with van der Waals surface area (Å²) in [5.41, 5.74) is 1.13. The van der Waals surface area contributed by atoms with Gasteiger partial charge in [-0.25, -0.2) is 0 Å². The Kier molecular flexibility index (Phi) is 7.55. The van der Waals surface area contributed by atoms with Crippen LogP contribution in [0.25, 0.3) is 0 Å². The van der Waals surface area contributed by atoms with Crippen molar-refractivity contribution in [2.75, 3.05) is 26.2 Å². The van der Waals surface area contributed by atoms with Crippen molar-refractivity contribution in [1.82, 2.24) is 15.5 Å². The molecule has 0 atom stereocenters. The molecule has 0 radical (unpaired) electrons. The molecular formula is C24H27Cl2N3O3. The number of halogens is 2. The third-order valence-electron chi connectivity index (χ3n) is 5.99. The molecule has 8 heteroatoms. The summed E-state index contributed by atoms with van der Waals surface area (Å²) in [5.74, 6) is 0.627. The minimum atomic E-state index is -0.183. The molecule has 6 nitrogen and oxygen atoms in total. The van der Waals surface area contributed by atoms with Gasteiger partial charge in [0.15, 0.2) is 0 Å². The van der Waals surface area contributed by atoms with E-state index >= 15 is 0 Å². The normalized spacial score (nSPS) is 17.8. The smallest absolute Gasteiger partial charge is 0.253 e. The summed E-state index contributed by atoms with van der Waals surface area (Å²) in [6.45, 7) is 3.15. The molecule has 0 aliphatic carbocycles. The molecule has 2 heterocycles. The highest BCUT2D eigenvalue weighted by Crippen LogP contribution is 2.23. The lowest BCUT2D eigenvalue weighted by Gasteiger charge is -2.32. The maximum atomic E-state index is 12.9. The molecule has 2 fully saturated rings. The van der Waals surface area contributed by atoms with E-state index in [1.54, 1.807) is 18.2 Å². The van der Waals surface area contributed by atoms with E-state index in [9.17, 15) is 9.59 Å². The van der Waals surface area contributed by atoms with Crippen molar-refractivity contribution in [2.24, 2.45) is 0 Å². The summed E-state index contributed by atoms with van der Waals surface area (Å²) in [5, 5.41) is 7.12. The number of carbonyl (C=O) groups excluding carboxylic acids is 2. The number of piperidine rings is 2. The van der Waals surface area contributed by atoms with Crippen LogP contribution < -0.4 is 15.4 Å². The van der Waals surface area contributed by atoms with Gasteiger partial charge in [-0.05, 0) is 81.2 Å². The molecule has 0 saturated carbocycles. The van der Waals surface area contributed by atoms with Crippen LogP contribution in [-0.4, -0.2) is 55.0 Å². The number of hydrogen-bond acceptors (Lipinski definition) is 4. The summed E-state index contributed by atoms with van der Waals surface area (Å²) in [4.78, 5) is 27.2. The molecule has 2 saturated heterocycles. The van der Waals surface area contributed by atoms with Crippen molar-refractivity contribution < 1.29 is 14.3 Å². The van der Waals surface area contributed by atoms with Crippen LogP contribution in [0.1, 0.15) is 46.4 Å². The zero-order valence-corrected chi connectivity index (χ0v) is 19.3. The Balaban J connectivity index is 1.26. The molecular weight excluding hydrogens is 449 g/mol. The maximum absolute atomic E-state index is 12.9. The Morgan fingerprint density at radius 2 is 1.56 bits per heavy atom.